The minimum atomic E-state index is 0.421. The highest BCUT2D eigenvalue weighted by Crippen LogP contribution is 2.34. The highest BCUT2D eigenvalue weighted by molar-refractivity contribution is 7.99. The number of rotatable bonds is 12. The monoisotopic (exact) mass is 497 g/mol. The van der Waals surface area contributed by atoms with E-state index < -0.39 is 0 Å². The molecule has 0 atom stereocenters. The molecule has 0 aliphatic carbocycles. The van der Waals surface area contributed by atoms with Crippen LogP contribution in [0.15, 0.2) is 41.6 Å². The zero-order chi connectivity index (χ0) is 22.9. The maximum atomic E-state index is 6.17. The molecule has 32 heavy (non-hydrogen) atoms. The molecule has 0 aliphatic heterocycles. The highest BCUT2D eigenvalue weighted by Gasteiger charge is 2.16. The summed E-state index contributed by atoms with van der Waals surface area (Å²) in [4.78, 5) is 0. The van der Waals surface area contributed by atoms with Gasteiger partial charge in [0, 0.05) is 31.6 Å². The smallest absolute Gasteiger partial charge is 0.191 e. The highest BCUT2D eigenvalue weighted by atomic mass is 35.5. The second-order valence-corrected chi connectivity index (χ2v) is 8.50. The lowest BCUT2D eigenvalue weighted by Crippen LogP contribution is -2.07. The summed E-state index contributed by atoms with van der Waals surface area (Å²) in [6, 6.07) is 11.0. The van der Waals surface area contributed by atoms with Crippen LogP contribution in [0.4, 0.5) is 0 Å². The zero-order valence-corrected chi connectivity index (χ0v) is 20.5. The predicted molar refractivity (Wildman–Crippen MR) is 128 cm³/mol. The van der Waals surface area contributed by atoms with E-state index in [4.69, 9.17) is 42.1 Å². The molecule has 0 unspecified atom stereocenters. The molecule has 0 spiro atoms. The van der Waals surface area contributed by atoms with Crippen LogP contribution in [0.5, 0.6) is 17.2 Å². The number of aromatic nitrogens is 3. The SMILES string of the molecule is COCCCn1c(SCCOc2c(Cl)cccc2Cl)nnc1-c1ccc(OC)c(OC)c1. The van der Waals surface area contributed by atoms with Gasteiger partial charge in [-0.1, -0.05) is 41.0 Å². The van der Waals surface area contributed by atoms with Crippen LogP contribution >= 0.6 is 35.0 Å². The molecule has 0 radical (unpaired) electrons. The van der Waals surface area contributed by atoms with E-state index in [1.807, 2.05) is 18.2 Å². The molecule has 1 heterocycles. The van der Waals surface area contributed by atoms with E-state index in [0.29, 0.717) is 52.8 Å². The van der Waals surface area contributed by atoms with Crippen molar-refractivity contribution in [2.24, 2.45) is 0 Å². The van der Waals surface area contributed by atoms with Crippen molar-refractivity contribution >= 4 is 35.0 Å². The first-order chi connectivity index (χ1) is 15.6. The molecule has 0 bridgehead atoms. The second kappa shape index (κ2) is 12.2. The summed E-state index contributed by atoms with van der Waals surface area (Å²) in [5, 5.41) is 10.6. The molecule has 2 aromatic carbocycles. The third kappa shape index (κ3) is 6.01. The number of benzene rings is 2. The third-order valence-corrected chi connectivity index (χ3v) is 6.09. The predicted octanol–water partition coefficient (Wildman–Crippen LogP) is 5.48. The van der Waals surface area contributed by atoms with E-state index in [1.165, 1.54) is 0 Å². The fraction of sp³-hybridized carbons (Fsp3) is 0.364. The van der Waals surface area contributed by atoms with Gasteiger partial charge < -0.3 is 23.5 Å². The summed E-state index contributed by atoms with van der Waals surface area (Å²) < 4.78 is 23.9. The van der Waals surface area contributed by atoms with Crippen molar-refractivity contribution in [2.45, 2.75) is 18.1 Å². The summed E-state index contributed by atoms with van der Waals surface area (Å²) >= 11 is 13.9. The van der Waals surface area contributed by atoms with Gasteiger partial charge in [0.05, 0.1) is 30.9 Å². The van der Waals surface area contributed by atoms with Crippen LogP contribution in [-0.2, 0) is 11.3 Å². The summed E-state index contributed by atoms with van der Waals surface area (Å²) in [6.45, 7) is 1.77. The molecule has 3 aromatic rings. The van der Waals surface area contributed by atoms with Gasteiger partial charge in [0.2, 0.25) is 0 Å². The van der Waals surface area contributed by atoms with E-state index in [2.05, 4.69) is 14.8 Å². The first kappa shape index (κ1) is 24.5. The molecule has 10 heteroatoms. The Labute approximate surface area is 201 Å². The Kier molecular flexibility index (Phi) is 9.35. The molecular formula is C22H25Cl2N3O4S. The van der Waals surface area contributed by atoms with Gasteiger partial charge >= 0.3 is 0 Å². The molecule has 0 fully saturated rings. The van der Waals surface area contributed by atoms with Crippen molar-refractivity contribution in [2.75, 3.05) is 40.3 Å². The summed E-state index contributed by atoms with van der Waals surface area (Å²) in [5.74, 6) is 3.18. The number of hydrogen-bond acceptors (Lipinski definition) is 7. The molecule has 0 aliphatic rings. The van der Waals surface area contributed by atoms with Gasteiger partial charge in [0.15, 0.2) is 28.2 Å². The van der Waals surface area contributed by atoms with E-state index in [-0.39, 0.29) is 0 Å². The van der Waals surface area contributed by atoms with Crippen LogP contribution in [0.1, 0.15) is 6.42 Å². The quantitative estimate of drug-likeness (QED) is 0.242. The van der Waals surface area contributed by atoms with Crippen LogP contribution in [-0.4, -0.2) is 55.1 Å². The molecule has 0 amide bonds. The topological polar surface area (TPSA) is 67.6 Å². The number of para-hydroxylation sites is 1. The Morgan fingerprint density at radius 1 is 0.938 bits per heavy atom. The zero-order valence-electron chi connectivity index (χ0n) is 18.1. The number of ether oxygens (including phenoxy) is 4. The van der Waals surface area contributed by atoms with Crippen LogP contribution in [0, 0.1) is 0 Å². The third-order valence-electron chi connectivity index (χ3n) is 4.57. The molecule has 3 rings (SSSR count). The Hall–Kier alpha value is -2.13. The van der Waals surface area contributed by atoms with Crippen molar-refractivity contribution < 1.29 is 18.9 Å². The van der Waals surface area contributed by atoms with Crippen LogP contribution < -0.4 is 14.2 Å². The Balaban J connectivity index is 1.75. The molecular weight excluding hydrogens is 473 g/mol. The van der Waals surface area contributed by atoms with Gasteiger partial charge in [-0.2, -0.15) is 0 Å². The van der Waals surface area contributed by atoms with E-state index in [0.717, 1.165) is 23.0 Å². The fourth-order valence-corrected chi connectivity index (χ4v) is 4.34. The lowest BCUT2D eigenvalue weighted by atomic mass is 10.2. The summed E-state index contributed by atoms with van der Waals surface area (Å²) in [5.41, 5.74) is 0.888. The maximum absolute atomic E-state index is 6.17. The molecule has 1 aromatic heterocycles. The first-order valence-corrected chi connectivity index (χ1v) is 11.7. The molecule has 0 N–H and O–H groups in total. The van der Waals surface area contributed by atoms with E-state index >= 15 is 0 Å². The van der Waals surface area contributed by atoms with Gasteiger partial charge in [-0.25, -0.2) is 0 Å². The van der Waals surface area contributed by atoms with Gasteiger partial charge in [0.25, 0.3) is 0 Å². The number of methoxy groups -OCH3 is 3. The molecule has 7 nitrogen and oxygen atoms in total. The summed E-state index contributed by atoms with van der Waals surface area (Å²) in [7, 11) is 4.91. The number of halogens is 2. The van der Waals surface area contributed by atoms with Crippen molar-refractivity contribution in [3.63, 3.8) is 0 Å². The van der Waals surface area contributed by atoms with Crippen LogP contribution in [0.2, 0.25) is 10.0 Å². The van der Waals surface area contributed by atoms with Gasteiger partial charge in [0.1, 0.15) is 0 Å². The van der Waals surface area contributed by atoms with Crippen molar-refractivity contribution in [1.82, 2.24) is 14.8 Å². The lowest BCUT2D eigenvalue weighted by Gasteiger charge is -2.13. The van der Waals surface area contributed by atoms with E-state index in [1.54, 1.807) is 51.3 Å². The van der Waals surface area contributed by atoms with Gasteiger partial charge in [-0.3, -0.25) is 0 Å². The van der Waals surface area contributed by atoms with Crippen LogP contribution in [0.3, 0.4) is 0 Å². The van der Waals surface area contributed by atoms with Crippen molar-refractivity contribution in [3.05, 3.63) is 46.4 Å². The number of thioether (sulfide) groups is 1. The molecule has 0 saturated carbocycles. The summed E-state index contributed by atoms with van der Waals surface area (Å²) in [6.07, 6.45) is 0.828. The first-order valence-electron chi connectivity index (χ1n) is 9.93. The Morgan fingerprint density at radius 2 is 1.69 bits per heavy atom. The van der Waals surface area contributed by atoms with Crippen molar-refractivity contribution in [1.29, 1.82) is 0 Å². The molecule has 0 saturated heterocycles. The van der Waals surface area contributed by atoms with E-state index in [9.17, 15) is 0 Å². The average molecular weight is 498 g/mol. The fourth-order valence-electron chi connectivity index (χ4n) is 3.05. The minimum Gasteiger partial charge on any atom is -0.493 e. The van der Waals surface area contributed by atoms with Crippen LogP contribution in [0.25, 0.3) is 11.4 Å². The van der Waals surface area contributed by atoms with Gasteiger partial charge in [-0.05, 0) is 36.8 Å². The largest absolute Gasteiger partial charge is 0.493 e. The number of hydrogen-bond donors (Lipinski definition) is 0. The lowest BCUT2D eigenvalue weighted by molar-refractivity contribution is 0.189. The normalized spacial score (nSPS) is 10.9. The second-order valence-electron chi connectivity index (χ2n) is 6.62. The number of nitrogens with zero attached hydrogens (tertiary/aromatic N) is 3. The average Bonchev–Trinajstić information content (AvgIpc) is 3.20. The molecule has 172 valence electrons. The standard InChI is InChI=1S/C22H25Cl2N3O4S/c1-28-11-5-10-27-21(15-8-9-18(29-2)19(14-15)30-3)25-26-22(27)32-13-12-31-20-16(23)6-4-7-17(20)24/h4,6-9,14H,5,10-13H2,1-3H3. The van der Waals surface area contributed by atoms with Crippen molar-refractivity contribution in [3.8, 4) is 28.6 Å². The maximum Gasteiger partial charge on any atom is 0.191 e. The Morgan fingerprint density at radius 3 is 2.38 bits per heavy atom. The minimum absolute atomic E-state index is 0.421. The van der Waals surface area contributed by atoms with Gasteiger partial charge in [-0.15, -0.1) is 10.2 Å². The Bertz CT molecular complexity index is 1010.